The highest BCUT2D eigenvalue weighted by Gasteiger charge is 2.30. The fourth-order valence-electron chi connectivity index (χ4n) is 3.17. The Labute approximate surface area is 126 Å². The van der Waals surface area contributed by atoms with Crippen LogP contribution in [0.25, 0.3) is 0 Å². The minimum atomic E-state index is -3.38. The van der Waals surface area contributed by atoms with Crippen molar-refractivity contribution in [2.45, 2.75) is 24.2 Å². The van der Waals surface area contributed by atoms with E-state index in [2.05, 4.69) is 5.32 Å². The van der Waals surface area contributed by atoms with Gasteiger partial charge in [-0.3, -0.25) is 0 Å². The molecule has 0 saturated carbocycles. The molecule has 1 N–H and O–H groups in total. The number of fused-ring (bicyclic) bond motifs is 1. The van der Waals surface area contributed by atoms with Crippen LogP contribution in [0.5, 0.6) is 5.75 Å². The molecule has 2 aliphatic heterocycles. The zero-order valence-electron chi connectivity index (χ0n) is 12.3. The Hall–Kier alpha value is -1.11. The molecule has 0 amide bonds. The van der Waals surface area contributed by atoms with Crippen LogP contribution in [0.1, 0.15) is 18.4 Å². The molecule has 2 heterocycles. The van der Waals surface area contributed by atoms with Crippen molar-refractivity contribution in [3.8, 4) is 5.75 Å². The van der Waals surface area contributed by atoms with Gasteiger partial charge in [-0.15, -0.1) is 0 Å². The third-order valence-corrected chi connectivity index (χ3v) is 6.13. The van der Waals surface area contributed by atoms with Gasteiger partial charge in [0, 0.05) is 19.5 Å². The number of hydrogen-bond donors (Lipinski definition) is 1. The molecule has 1 atom stereocenters. The molecule has 0 radical (unpaired) electrons. The van der Waals surface area contributed by atoms with Crippen molar-refractivity contribution in [2.75, 3.05) is 33.3 Å². The monoisotopic (exact) mass is 310 g/mol. The standard InChI is InChI=1S/C15H22N2O3S/c1-16-10-12-3-2-7-17(11-12)21(18,19)14-4-5-15-13(9-14)6-8-20-15/h4-5,9,12,16H,2-3,6-8,10-11H2,1H3. The molecule has 3 rings (SSSR count). The average Bonchev–Trinajstić information content (AvgIpc) is 2.95. The van der Waals surface area contributed by atoms with Gasteiger partial charge in [0.2, 0.25) is 10.0 Å². The van der Waals surface area contributed by atoms with Gasteiger partial charge in [0.1, 0.15) is 5.75 Å². The first-order valence-electron chi connectivity index (χ1n) is 7.52. The second-order valence-electron chi connectivity index (χ2n) is 5.80. The Morgan fingerprint density at radius 2 is 2.29 bits per heavy atom. The number of nitrogens with zero attached hydrogens (tertiary/aromatic N) is 1. The van der Waals surface area contributed by atoms with Crippen LogP contribution in [0.15, 0.2) is 23.1 Å². The van der Waals surface area contributed by atoms with E-state index in [-0.39, 0.29) is 0 Å². The SMILES string of the molecule is CNCC1CCCN(S(=O)(=O)c2ccc3c(c2)CCO3)C1. The number of ether oxygens (including phenoxy) is 1. The van der Waals surface area contributed by atoms with Crippen LogP contribution >= 0.6 is 0 Å². The number of sulfonamides is 1. The smallest absolute Gasteiger partial charge is 0.243 e. The van der Waals surface area contributed by atoms with E-state index in [4.69, 9.17) is 4.74 Å². The molecule has 116 valence electrons. The highest BCUT2D eigenvalue weighted by atomic mass is 32.2. The van der Waals surface area contributed by atoms with Crippen LogP contribution in [0.3, 0.4) is 0 Å². The fourth-order valence-corrected chi connectivity index (χ4v) is 4.78. The lowest BCUT2D eigenvalue weighted by Gasteiger charge is -2.31. The van der Waals surface area contributed by atoms with Crippen LogP contribution < -0.4 is 10.1 Å². The molecule has 0 aromatic heterocycles. The Morgan fingerprint density at radius 3 is 3.10 bits per heavy atom. The number of piperidine rings is 1. The first-order chi connectivity index (χ1) is 10.1. The zero-order chi connectivity index (χ0) is 14.9. The molecule has 1 unspecified atom stereocenters. The van der Waals surface area contributed by atoms with E-state index >= 15 is 0 Å². The molecule has 5 nitrogen and oxygen atoms in total. The molecule has 1 fully saturated rings. The summed E-state index contributed by atoms with van der Waals surface area (Å²) < 4.78 is 32.7. The van der Waals surface area contributed by atoms with Gasteiger partial charge < -0.3 is 10.1 Å². The summed E-state index contributed by atoms with van der Waals surface area (Å²) in [7, 11) is -1.47. The van der Waals surface area contributed by atoms with Crippen molar-refractivity contribution in [3.05, 3.63) is 23.8 Å². The van der Waals surface area contributed by atoms with Crippen LogP contribution in [0, 0.1) is 5.92 Å². The topological polar surface area (TPSA) is 58.6 Å². The zero-order valence-corrected chi connectivity index (χ0v) is 13.2. The normalized spacial score (nSPS) is 22.8. The number of rotatable bonds is 4. The van der Waals surface area contributed by atoms with Crippen LogP contribution in [0.2, 0.25) is 0 Å². The van der Waals surface area contributed by atoms with Crippen molar-refractivity contribution in [1.82, 2.24) is 9.62 Å². The Morgan fingerprint density at radius 1 is 1.43 bits per heavy atom. The van der Waals surface area contributed by atoms with Gasteiger partial charge in [0.05, 0.1) is 11.5 Å². The molecule has 1 aromatic rings. The Kier molecular flexibility index (Phi) is 4.19. The minimum absolute atomic E-state index is 0.399. The lowest BCUT2D eigenvalue weighted by Crippen LogP contribution is -2.42. The highest BCUT2D eigenvalue weighted by molar-refractivity contribution is 7.89. The van der Waals surface area contributed by atoms with E-state index in [1.165, 1.54) is 0 Å². The van der Waals surface area contributed by atoms with Crippen molar-refractivity contribution in [2.24, 2.45) is 5.92 Å². The van der Waals surface area contributed by atoms with Crippen LogP contribution in [-0.2, 0) is 16.4 Å². The van der Waals surface area contributed by atoms with Gasteiger partial charge in [-0.25, -0.2) is 8.42 Å². The minimum Gasteiger partial charge on any atom is -0.493 e. The molecule has 6 heteroatoms. The molecule has 0 aliphatic carbocycles. The predicted molar refractivity (Wildman–Crippen MR) is 81.1 cm³/mol. The summed E-state index contributed by atoms with van der Waals surface area (Å²) in [5.74, 6) is 1.22. The van der Waals surface area contributed by atoms with E-state index in [1.54, 1.807) is 22.5 Å². The fraction of sp³-hybridized carbons (Fsp3) is 0.600. The van der Waals surface area contributed by atoms with Gasteiger partial charge in [-0.1, -0.05) is 0 Å². The quantitative estimate of drug-likeness (QED) is 0.909. The van der Waals surface area contributed by atoms with Gasteiger partial charge in [-0.05, 0) is 56.1 Å². The van der Waals surface area contributed by atoms with Crippen molar-refractivity contribution in [3.63, 3.8) is 0 Å². The molecule has 1 saturated heterocycles. The molecular weight excluding hydrogens is 288 g/mol. The van der Waals surface area contributed by atoms with Gasteiger partial charge in [-0.2, -0.15) is 4.31 Å². The largest absolute Gasteiger partial charge is 0.493 e. The number of hydrogen-bond acceptors (Lipinski definition) is 4. The van der Waals surface area contributed by atoms with E-state index < -0.39 is 10.0 Å². The second-order valence-corrected chi connectivity index (χ2v) is 7.73. The lowest BCUT2D eigenvalue weighted by molar-refractivity contribution is 0.263. The lowest BCUT2D eigenvalue weighted by atomic mass is 10.00. The van der Waals surface area contributed by atoms with E-state index in [0.29, 0.717) is 30.5 Å². The molecular formula is C15H22N2O3S. The number of benzene rings is 1. The predicted octanol–water partition coefficient (Wildman–Crippen LogP) is 1.24. The first kappa shape index (κ1) is 14.8. The third kappa shape index (κ3) is 2.93. The Balaban J connectivity index is 1.83. The van der Waals surface area contributed by atoms with E-state index in [9.17, 15) is 8.42 Å². The Bertz CT molecular complexity index is 613. The maximum Gasteiger partial charge on any atom is 0.243 e. The molecule has 1 aromatic carbocycles. The van der Waals surface area contributed by atoms with E-state index in [0.717, 1.165) is 37.1 Å². The van der Waals surface area contributed by atoms with Crippen molar-refractivity contribution < 1.29 is 13.2 Å². The van der Waals surface area contributed by atoms with Gasteiger partial charge in [0.15, 0.2) is 0 Å². The summed E-state index contributed by atoms with van der Waals surface area (Å²) in [6, 6.07) is 5.23. The highest BCUT2D eigenvalue weighted by Crippen LogP contribution is 2.30. The summed E-state index contributed by atoms with van der Waals surface area (Å²) in [4.78, 5) is 0.400. The first-order valence-corrected chi connectivity index (χ1v) is 8.96. The molecule has 21 heavy (non-hydrogen) atoms. The third-order valence-electron chi connectivity index (χ3n) is 4.27. The average molecular weight is 310 g/mol. The second kappa shape index (κ2) is 5.94. The molecule has 2 aliphatic rings. The summed E-state index contributed by atoms with van der Waals surface area (Å²) in [6.45, 7) is 2.74. The van der Waals surface area contributed by atoms with Crippen LogP contribution in [0.4, 0.5) is 0 Å². The summed E-state index contributed by atoms with van der Waals surface area (Å²) in [5.41, 5.74) is 1.000. The van der Waals surface area contributed by atoms with Gasteiger partial charge in [0.25, 0.3) is 0 Å². The van der Waals surface area contributed by atoms with Crippen molar-refractivity contribution in [1.29, 1.82) is 0 Å². The van der Waals surface area contributed by atoms with Gasteiger partial charge >= 0.3 is 0 Å². The molecule has 0 spiro atoms. The maximum atomic E-state index is 12.8. The summed E-state index contributed by atoms with van der Waals surface area (Å²) in [6.07, 6.45) is 2.81. The van der Waals surface area contributed by atoms with Crippen molar-refractivity contribution >= 4 is 10.0 Å². The molecule has 0 bridgehead atoms. The summed E-state index contributed by atoms with van der Waals surface area (Å²) >= 11 is 0. The summed E-state index contributed by atoms with van der Waals surface area (Å²) in [5, 5.41) is 3.15. The van der Waals surface area contributed by atoms with Crippen LogP contribution in [-0.4, -0.2) is 46.0 Å². The number of nitrogens with one attached hydrogen (secondary N) is 1. The van der Waals surface area contributed by atoms with E-state index in [1.807, 2.05) is 7.05 Å². The maximum absolute atomic E-state index is 12.8.